The van der Waals surface area contributed by atoms with E-state index in [9.17, 15) is 9.79 Å². The number of hydrogen-bond acceptors (Lipinski definition) is 8. The second-order valence-corrected chi connectivity index (χ2v) is 21.4. The van der Waals surface area contributed by atoms with Crippen molar-refractivity contribution in [1.82, 2.24) is 0 Å². The van der Waals surface area contributed by atoms with Crippen molar-refractivity contribution in [3.63, 3.8) is 0 Å². The summed E-state index contributed by atoms with van der Waals surface area (Å²) in [5, 5.41) is 0.542. The van der Waals surface area contributed by atoms with Crippen molar-refractivity contribution in [2.24, 2.45) is 0 Å². The van der Waals surface area contributed by atoms with Gasteiger partial charge in [0.15, 0.2) is 0 Å². The molecule has 0 rings (SSSR count). The third-order valence-electron chi connectivity index (χ3n) is 4.17. The first-order valence-corrected chi connectivity index (χ1v) is 20.5. The van der Waals surface area contributed by atoms with E-state index >= 15 is 0 Å². The molecule has 196 valence electrons. The molecule has 0 fully saturated rings. The van der Waals surface area contributed by atoms with Crippen molar-refractivity contribution < 1.29 is 18.8 Å². The van der Waals surface area contributed by atoms with Crippen LogP contribution >= 0.6 is 34.2 Å². The molecule has 0 N–H and O–H groups in total. The van der Waals surface area contributed by atoms with Crippen molar-refractivity contribution in [3.8, 4) is 0 Å². The predicted octanol–water partition coefficient (Wildman–Crippen LogP) is 7.80. The van der Waals surface area contributed by atoms with E-state index in [4.69, 9.17) is 32.7 Å². The molecule has 2 atom stereocenters. The Morgan fingerprint density at radius 1 is 0.606 bits per heavy atom. The minimum Gasteiger partial charge on any atom is -0.793 e. The van der Waals surface area contributed by atoms with Crippen LogP contribution in [-0.4, -0.2) is 72.6 Å². The van der Waals surface area contributed by atoms with Crippen molar-refractivity contribution in [2.45, 2.75) is 129 Å². The molecule has 0 aliphatic rings. The van der Waals surface area contributed by atoms with Crippen LogP contribution in [0.5, 0.6) is 0 Å². The molecule has 0 heterocycles. The molecular formula is C22H48BaO4P2S4. The van der Waals surface area contributed by atoms with Gasteiger partial charge in [-0.3, -0.25) is 0 Å². The molecule has 0 bridgehead atoms. The minimum absolute atomic E-state index is 0. The fourth-order valence-electron chi connectivity index (χ4n) is 2.69. The Morgan fingerprint density at radius 3 is 1.15 bits per heavy atom. The zero-order chi connectivity index (χ0) is 24.9. The van der Waals surface area contributed by atoms with Gasteiger partial charge in [-0.25, -0.2) is 0 Å². The van der Waals surface area contributed by atoms with Crippen molar-refractivity contribution in [1.29, 1.82) is 0 Å². The van der Waals surface area contributed by atoms with Crippen molar-refractivity contribution in [3.05, 3.63) is 0 Å². The van der Waals surface area contributed by atoms with Crippen LogP contribution in [-0.2, 0) is 32.7 Å². The van der Waals surface area contributed by atoms with Crippen molar-refractivity contribution in [2.75, 3.05) is 13.2 Å². The van der Waals surface area contributed by atoms with E-state index in [1.165, 1.54) is 74.1 Å². The maximum atomic E-state index is 11.7. The van der Waals surface area contributed by atoms with E-state index < -0.39 is 11.4 Å². The van der Waals surface area contributed by atoms with Crippen molar-refractivity contribution >= 4 is 107 Å². The quantitative estimate of drug-likeness (QED) is 0.0724. The summed E-state index contributed by atoms with van der Waals surface area (Å²) in [6, 6.07) is 0. The molecule has 4 nitrogen and oxygen atoms in total. The summed E-state index contributed by atoms with van der Waals surface area (Å²) in [6.07, 6.45) is 14.5. The molecule has 11 heteroatoms. The first-order valence-electron chi connectivity index (χ1n) is 12.2. The van der Waals surface area contributed by atoms with E-state index in [0.717, 1.165) is 25.7 Å². The normalized spacial score (nSPS) is 14.8. The summed E-state index contributed by atoms with van der Waals surface area (Å²) in [7, 11) is 0. The van der Waals surface area contributed by atoms with E-state index in [0.29, 0.717) is 13.2 Å². The van der Waals surface area contributed by atoms with E-state index in [1.54, 1.807) is 0 Å². The van der Waals surface area contributed by atoms with Gasteiger partial charge in [0.25, 0.3) is 0 Å². The average Bonchev–Trinajstić information content (AvgIpc) is 2.65. The number of hydrogen-bond donors (Lipinski definition) is 0. The zero-order valence-electron chi connectivity index (χ0n) is 21.9. The second-order valence-electron chi connectivity index (χ2n) is 8.40. The molecule has 33 heavy (non-hydrogen) atoms. The van der Waals surface area contributed by atoms with E-state index in [1.807, 2.05) is 27.7 Å². The van der Waals surface area contributed by atoms with Gasteiger partial charge in [0, 0.05) is 21.9 Å². The Labute approximate surface area is 264 Å². The molecule has 0 aromatic rings. The largest absolute Gasteiger partial charge is 2.00 e. The number of unbranched alkanes of at least 4 members (excludes halogenated alkanes) is 10. The maximum absolute atomic E-state index is 11.7. The van der Waals surface area contributed by atoms with Gasteiger partial charge in [0.2, 0.25) is 0 Å². The topological polar surface area (TPSA) is 64.6 Å². The molecule has 0 amide bonds. The zero-order valence-corrected chi connectivity index (χ0v) is 31.4. The van der Waals surface area contributed by atoms with Gasteiger partial charge in [-0.15, -0.1) is 22.8 Å². The maximum Gasteiger partial charge on any atom is 2.00 e. The van der Waals surface area contributed by atoms with Crippen LogP contribution in [0.15, 0.2) is 0 Å². The van der Waals surface area contributed by atoms with E-state index in [-0.39, 0.29) is 59.4 Å². The van der Waals surface area contributed by atoms with Gasteiger partial charge in [0.1, 0.15) is 0 Å². The van der Waals surface area contributed by atoms with Crippen LogP contribution in [0.4, 0.5) is 0 Å². The smallest absolute Gasteiger partial charge is 0.793 e. The molecule has 0 saturated heterocycles. The first-order chi connectivity index (χ1) is 15.0. The summed E-state index contributed by atoms with van der Waals surface area (Å²) in [6.45, 7) is 13.4. The summed E-state index contributed by atoms with van der Waals surface area (Å²) >= 11 is 12.4. The fraction of sp³-hybridized carbons (Fsp3) is 1.00. The minimum atomic E-state index is -2.81. The first kappa shape index (κ1) is 40.9. The SMILES string of the molecule is CCCCCCCCOP([O-])(=S)SC(C)C.CCCCCCCCOP([O-])(=S)SC(C)C.[Ba+2]. The fourth-order valence-corrected chi connectivity index (χ4v) is 12.0. The summed E-state index contributed by atoms with van der Waals surface area (Å²) in [5.41, 5.74) is -5.62. The Kier molecular flexibility index (Phi) is 33.5. The number of rotatable bonds is 20. The van der Waals surface area contributed by atoms with Crippen LogP contribution in [0.25, 0.3) is 0 Å². The summed E-state index contributed by atoms with van der Waals surface area (Å²) < 4.78 is 10.6. The average molecular weight is 704 g/mol. The van der Waals surface area contributed by atoms with Gasteiger partial charge in [-0.1, -0.05) is 129 Å². The summed E-state index contributed by atoms with van der Waals surface area (Å²) in [5.74, 6) is 0. The Bertz CT molecular complexity index is 471. The molecule has 0 aliphatic heterocycles. The monoisotopic (exact) mass is 704 g/mol. The van der Waals surface area contributed by atoms with E-state index in [2.05, 4.69) is 13.8 Å². The van der Waals surface area contributed by atoms with Gasteiger partial charge < -0.3 is 18.8 Å². The summed E-state index contributed by atoms with van der Waals surface area (Å²) in [4.78, 5) is 23.4. The van der Waals surface area contributed by atoms with Crippen LogP contribution in [0.2, 0.25) is 0 Å². The van der Waals surface area contributed by atoms with Crippen LogP contribution in [0, 0.1) is 0 Å². The Balaban J connectivity index is -0.000000529. The molecule has 2 unspecified atom stereocenters. The van der Waals surface area contributed by atoms with Crippen LogP contribution < -0.4 is 9.79 Å². The standard InChI is InChI=1S/2C11H25O2PS2.Ba/c2*1-4-5-6-7-8-9-10-13-14(12,15)16-11(2)3;/h2*11H,4-10H2,1-3H3,(H,12,15);/q;;+2/p-2. The van der Waals surface area contributed by atoms with Gasteiger partial charge in [0.05, 0.1) is 13.2 Å². The van der Waals surface area contributed by atoms with Gasteiger partial charge in [-0.2, -0.15) is 0 Å². The molecule has 0 aromatic carbocycles. The third kappa shape index (κ3) is 35.4. The second kappa shape index (κ2) is 27.0. The molecule has 0 radical (unpaired) electrons. The molecule has 0 aliphatic carbocycles. The molecule has 0 aromatic heterocycles. The molecular weight excluding hydrogens is 656 g/mol. The van der Waals surface area contributed by atoms with Gasteiger partial charge in [-0.05, 0) is 12.8 Å². The third-order valence-corrected chi connectivity index (χ3v) is 13.4. The van der Waals surface area contributed by atoms with Crippen LogP contribution in [0.1, 0.15) is 119 Å². The van der Waals surface area contributed by atoms with Gasteiger partial charge >= 0.3 is 48.9 Å². The Hall–Kier alpha value is 3.41. The molecule has 0 spiro atoms. The van der Waals surface area contributed by atoms with Crippen LogP contribution in [0.3, 0.4) is 0 Å². The predicted molar refractivity (Wildman–Crippen MR) is 158 cm³/mol. The molecule has 0 saturated carbocycles. The Morgan fingerprint density at radius 2 is 0.879 bits per heavy atom.